The van der Waals surface area contributed by atoms with Crippen LogP contribution in [0, 0.1) is 11.8 Å². The fourth-order valence-corrected chi connectivity index (χ4v) is 6.36. The van der Waals surface area contributed by atoms with E-state index in [1.165, 1.54) is 17.9 Å². The number of benzene rings is 3. The van der Waals surface area contributed by atoms with Gasteiger partial charge in [0, 0.05) is 18.9 Å². The van der Waals surface area contributed by atoms with E-state index in [4.69, 9.17) is 16.3 Å². The molecule has 1 fully saturated rings. The number of hydrogen-bond donors (Lipinski definition) is 0. The highest BCUT2D eigenvalue weighted by Crippen LogP contribution is 2.65. The zero-order chi connectivity index (χ0) is 22.2. The Labute approximate surface area is 189 Å². The predicted molar refractivity (Wildman–Crippen MR) is 119 cm³/mol. The molecule has 4 aliphatic rings. The molecular formula is C26H18ClNO4. The lowest BCUT2D eigenvalue weighted by molar-refractivity contribution is -0.132. The van der Waals surface area contributed by atoms with Crippen LogP contribution in [-0.4, -0.2) is 17.8 Å². The number of ether oxygens (including phenoxy) is 1. The molecular weight excluding hydrogens is 426 g/mol. The largest absolute Gasteiger partial charge is 0.427 e. The molecule has 0 saturated carbocycles. The average Bonchev–Trinajstić information content (AvgIpc) is 3.05. The van der Waals surface area contributed by atoms with Gasteiger partial charge in [0.2, 0.25) is 11.8 Å². The third kappa shape index (κ3) is 2.32. The Bertz CT molecular complexity index is 1290. The first-order chi connectivity index (χ1) is 15.4. The normalized spacial score (nSPS) is 27.1. The summed E-state index contributed by atoms with van der Waals surface area (Å²) in [6.07, 6.45) is 0. The van der Waals surface area contributed by atoms with Crippen LogP contribution in [0.5, 0.6) is 5.75 Å². The van der Waals surface area contributed by atoms with Crippen LogP contribution in [0.25, 0.3) is 0 Å². The Balaban J connectivity index is 1.54. The van der Waals surface area contributed by atoms with Gasteiger partial charge in [-0.1, -0.05) is 54.6 Å². The molecule has 158 valence electrons. The van der Waals surface area contributed by atoms with Crippen molar-refractivity contribution in [3.05, 3.63) is 95.1 Å². The van der Waals surface area contributed by atoms with Crippen molar-refractivity contribution < 1.29 is 19.1 Å². The van der Waals surface area contributed by atoms with E-state index < -0.39 is 22.7 Å². The first-order valence-corrected chi connectivity index (χ1v) is 10.8. The number of carbonyl (C=O) groups is 3. The van der Waals surface area contributed by atoms with E-state index in [1.807, 2.05) is 48.5 Å². The topological polar surface area (TPSA) is 63.7 Å². The Morgan fingerprint density at radius 3 is 2.16 bits per heavy atom. The highest BCUT2D eigenvalue weighted by atomic mass is 35.5. The van der Waals surface area contributed by atoms with Gasteiger partial charge in [0.15, 0.2) is 0 Å². The summed E-state index contributed by atoms with van der Waals surface area (Å²) < 4.78 is 5.17. The molecule has 2 bridgehead atoms. The number of hydrogen-bond acceptors (Lipinski definition) is 4. The van der Waals surface area contributed by atoms with Crippen molar-refractivity contribution in [2.75, 3.05) is 4.90 Å². The summed E-state index contributed by atoms with van der Waals surface area (Å²) in [5, 5.41) is 0. The maximum absolute atomic E-state index is 13.8. The maximum atomic E-state index is 13.8. The van der Waals surface area contributed by atoms with E-state index in [2.05, 4.69) is 0 Å². The number of nitrogens with zero attached hydrogens (tertiary/aromatic N) is 1. The first kappa shape index (κ1) is 19.3. The van der Waals surface area contributed by atoms with Gasteiger partial charge in [-0.05, 0) is 34.4 Å². The first-order valence-electron chi connectivity index (χ1n) is 10.5. The lowest BCUT2D eigenvalue weighted by atomic mass is 9.54. The smallest absolute Gasteiger partial charge is 0.308 e. The minimum Gasteiger partial charge on any atom is -0.427 e. The molecule has 2 amide bonds. The second-order valence-electron chi connectivity index (χ2n) is 8.47. The van der Waals surface area contributed by atoms with Crippen LogP contribution in [0.15, 0.2) is 72.8 Å². The molecule has 2 atom stereocenters. The molecule has 6 heteroatoms. The zero-order valence-corrected chi connectivity index (χ0v) is 17.9. The van der Waals surface area contributed by atoms with E-state index in [1.54, 1.807) is 18.2 Å². The summed E-state index contributed by atoms with van der Waals surface area (Å²) in [6.45, 7) is 1.30. The highest BCUT2D eigenvalue weighted by molar-refractivity contribution is 6.33. The van der Waals surface area contributed by atoms with Crippen LogP contribution in [0.4, 0.5) is 5.69 Å². The average molecular weight is 444 g/mol. The number of alkyl halides is 1. The predicted octanol–water partition coefficient (Wildman–Crippen LogP) is 4.36. The van der Waals surface area contributed by atoms with Gasteiger partial charge in [-0.15, -0.1) is 11.6 Å². The molecule has 1 saturated heterocycles. The van der Waals surface area contributed by atoms with Crippen molar-refractivity contribution >= 4 is 35.1 Å². The summed E-state index contributed by atoms with van der Waals surface area (Å²) in [7, 11) is 0. The lowest BCUT2D eigenvalue weighted by Gasteiger charge is -2.50. The minimum atomic E-state index is -1.12. The summed E-state index contributed by atoms with van der Waals surface area (Å²) in [4.78, 5) is 39.1. The fraction of sp³-hybridized carbons (Fsp3) is 0.192. The quantitative estimate of drug-likeness (QED) is 0.255. The number of rotatable bonds is 2. The van der Waals surface area contributed by atoms with E-state index in [9.17, 15) is 14.4 Å². The van der Waals surface area contributed by atoms with Crippen molar-refractivity contribution in [1.29, 1.82) is 0 Å². The number of anilines is 1. The zero-order valence-electron chi connectivity index (χ0n) is 17.1. The van der Waals surface area contributed by atoms with Crippen LogP contribution in [0.3, 0.4) is 0 Å². The van der Waals surface area contributed by atoms with Crippen LogP contribution < -0.4 is 9.64 Å². The molecule has 32 heavy (non-hydrogen) atoms. The Morgan fingerprint density at radius 2 is 1.53 bits per heavy atom. The molecule has 7 rings (SSSR count). The number of carbonyl (C=O) groups excluding carboxylic acids is 3. The van der Waals surface area contributed by atoms with Crippen molar-refractivity contribution in [3.8, 4) is 5.75 Å². The SMILES string of the molecule is CC(=O)Oc1cccc(N2C(=O)[C@@H]3C4c5ccccc5C(Cl)(c5ccccc54)[C@@H]3C2=O)c1. The molecule has 3 aromatic rings. The van der Waals surface area contributed by atoms with Gasteiger partial charge in [-0.2, -0.15) is 0 Å². The van der Waals surface area contributed by atoms with Gasteiger partial charge < -0.3 is 4.74 Å². The number of esters is 1. The van der Waals surface area contributed by atoms with Gasteiger partial charge in [0.25, 0.3) is 0 Å². The molecule has 0 radical (unpaired) electrons. The van der Waals surface area contributed by atoms with E-state index in [0.29, 0.717) is 5.69 Å². The molecule has 0 unspecified atom stereocenters. The summed E-state index contributed by atoms with van der Waals surface area (Å²) >= 11 is 7.40. The molecule has 0 spiro atoms. The van der Waals surface area contributed by atoms with Crippen molar-refractivity contribution in [1.82, 2.24) is 0 Å². The second-order valence-corrected chi connectivity index (χ2v) is 9.07. The Kier molecular flexibility index (Phi) is 3.93. The molecule has 1 aliphatic heterocycles. The van der Waals surface area contributed by atoms with Crippen LogP contribution in [0.1, 0.15) is 35.1 Å². The third-order valence-corrected chi connectivity index (χ3v) is 7.49. The van der Waals surface area contributed by atoms with Crippen molar-refractivity contribution in [2.24, 2.45) is 11.8 Å². The Morgan fingerprint density at radius 1 is 0.906 bits per heavy atom. The Hall–Kier alpha value is -3.44. The highest BCUT2D eigenvalue weighted by Gasteiger charge is 2.68. The standard InChI is InChI=1S/C26H18ClNO4/c1-14(29)32-16-8-6-7-15(13-16)28-24(30)22-21-17-9-2-4-11-19(17)26(27,23(22)25(28)31)20-12-5-3-10-18(20)21/h2-13,21-23H,1H3/t21?,22-,23+,26?/m1/s1. The molecule has 0 aromatic heterocycles. The monoisotopic (exact) mass is 443 g/mol. The van der Waals surface area contributed by atoms with Gasteiger partial charge in [0.1, 0.15) is 10.6 Å². The lowest BCUT2D eigenvalue weighted by Crippen LogP contribution is -2.50. The van der Waals surface area contributed by atoms with Crippen molar-refractivity contribution in [3.63, 3.8) is 0 Å². The van der Waals surface area contributed by atoms with Crippen LogP contribution in [-0.2, 0) is 19.3 Å². The molecule has 5 nitrogen and oxygen atoms in total. The van der Waals surface area contributed by atoms with Crippen molar-refractivity contribution in [2.45, 2.75) is 17.7 Å². The third-order valence-electron chi connectivity index (χ3n) is 6.85. The number of imide groups is 1. The second kappa shape index (κ2) is 6.53. The van der Waals surface area contributed by atoms with Gasteiger partial charge in [0.05, 0.1) is 17.5 Å². The van der Waals surface area contributed by atoms with Gasteiger partial charge in [-0.25, -0.2) is 4.90 Å². The minimum absolute atomic E-state index is 0.244. The summed E-state index contributed by atoms with van der Waals surface area (Å²) in [6, 6.07) is 22.1. The molecule has 3 aromatic carbocycles. The summed E-state index contributed by atoms with van der Waals surface area (Å²) in [5.74, 6) is -2.36. The fourth-order valence-electron chi connectivity index (χ4n) is 5.79. The van der Waals surface area contributed by atoms with Crippen LogP contribution >= 0.6 is 11.6 Å². The van der Waals surface area contributed by atoms with E-state index >= 15 is 0 Å². The maximum Gasteiger partial charge on any atom is 0.308 e. The number of amides is 2. The number of halogens is 1. The van der Waals surface area contributed by atoms with E-state index in [0.717, 1.165) is 22.3 Å². The van der Waals surface area contributed by atoms with Gasteiger partial charge in [-0.3, -0.25) is 14.4 Å². The molecule has 0 N–H and O–H groups in total. The summed E-state index contributed by atoms with van der Waals surface area (Å²) in [5.41, 5.74) is 4.16. The molecule has 1 heterocycles. The van der Waals surface area contributed by atoms with Gasteiger partial charge >= 0.3 is 5.97 Å². The van der Waals surface area contributed by atoms with Crippen LogP contribution in [0.2, 0.25) is 0 Å². The molecule has 3 aliphatic carbocycles. The van der Waals surface area contributed by atoms with E-state index in [-0.39, 0.29) is 23.5 Å².